The van der Waals surface area contributed by atoms with E-state index < -0.39 is 0 Å². The van der Waals surface area contributed by atoms with Crippen LogP contribution in [0.5, 0.6) is 0 Å². The predicted octanol–water partition coefficient (Wildman–Crippen LogP) is 4.34. The molecule has 4 heteroatoms. The van der Waals surface area contributed by atoms with Gasteiger partial charge in [-0.15, -0.1) is 0 Å². The summed E-state index contributed by atoms with van der Waals surface area (Å²) in [6, 6.07) is 9.84. The molecular formula is C15H18Cl2N2. The van der Waals surface area contributed by atoms with Crippen molar-refractivity contribution < 1.29 is 0 Å². The van der Waals surface area contributed by atoms with E-state index in [2.05, 4.69) is 35.1 Å². The first-order chi connectivity index (χ1) is 9.20. The SMILES string of the molecule is CCCNCc1cccn1Cc1ccc(Cl)cc1Cl. The molecule has 0 saturated carbocycles. The molecule has 0 fully saturated rings. The molecule has 0 aliphatic carbocycles. The number of aromatic nitrogens is 1. The summed E-state index contributed by atoms with van der Waals surface area (Å²) in [5.74, 6) is 0. The predicted molar refractivity (Wildman–Crippen MR) is 82.0 cm³/mol. The van der Waals surface area contributed by atoms with Gasteiger partial charge in [0.25, 0.3) is 0 Å². The molecule has 0 bridgehead atoms. The molecule has 1 aromatic heterocycles. The summed E-state index contributed by atoms with van der Waals surface area (Å²) in [7, 11) is 0. The Morgan fingerprint density at radius 3 is 2.79 bits per heavy atom. The van der Waals surface area contributed by atoms with Crippen LogP contribution in [0.4, 0.5) is 0 Å². The summed E-state index contributed by atoms with van der Waals surface area (Å²) in [6.07, 6.45) is 3.22. The van der Waals surface area contributed by atoms with Crippen molar-refractivity contribution in [2.75, 3.05) is 6.54 Å². The summed E-state index contributed by atoms with van der Waals surface area (Å²) >= 11 is 12.1. The van der Waals surface area contributed by atoms with Gasteiger partial charge in [-0.1, -0.05) is 36.2 Å². The number of rotatable bonds is 6. The highest BCUT2D eigenvalue weighted by atomic mass is 35.5. The lowest BCUT2D eigenvalue weighted by Crippen LogP contribution is -2.17. The third kappa shape index (κ3) is 4.00. The van der Waals surface area contributed by atoms with E-state index in [0.29, 0.717) is 10.0 Å². The van der Waals surface area contributed by atoms with E-state index in [0.717, 1.165) is 31.6 Å². The number of nitrogens with one attached hydrogen (secondary N) is 1. The van der Waals surface area contributed by atoms with Gasteiger partial charge in [0, 0.05) is 35.0 Å². The molecule has 2 nitrogen and oxygen atoms in total. The van der Waals surface area contributed by atoms with Crippen molar-refractivity contribution in [3.8, 4) is 0 Å². The second-order valence-corrected chi connectivity index (χ2v) is 5.38. The highest BCUT2D eigenvalue weighted by molar-refractivity contribution is 6.35. The fourth-order valence-electron chi connectivity index (χ4n) is 1.99. The third-order valence-corrected chi connectivity index (χ3v) is 3.60. The lowest BCUT2D eigenvalue weighted by Gasteiger charge is -2.11. The Kier molecular flexibility index (Phi) is 5.32. The maximum atomic E-state index is 6.21. The summed E-state index contributed by atoms with van der Waals surface area (Å²) in [5, 5.41) is 4.80. The maximum Gasteiger partial charge on any atom is 0.0488 e. The van der Waals surface area contributed by atoms with Crippen molar-refractivity contribution in [3.63, 3.8) is 0 Å². The molecule has 2 rings (SSSR count). The minimum atomic E-state index is 0.672. The van der Waals surface area contributed by atoms with Gasteiger partial charge in [0.1, 0.15) is 0 Å². The van der Waals surface area contributed by atoms with Gasteiger partial charge in [-0.3, -0.25) is 0 Å². The molecular weight excluding hydrogens is 279 g/mol. The number of hydrogen-bond donors (Lipinski definition) is 1. The van der Waals surface area contributed by atoms with Crippen LogP contribution < -0.4 is 5.32 Å². The minimum absolute atomic E-state index is 0.672. The lowest BCUT2D eigenvalue weighted by molar-refractivity contribution is 0.630. The molecule has 2 aromatic rings. The van der Waals surface area contributed by atoms with E-state index in [-0.39, 0.29) is 0 Å². The first kappa shape index (κ1) is 14.4. The highest BCUT2D eigenvalue weighted by Crippen LogP contribution is 2.22. The summed E-state index contributed by atoms with van der Waals surface area (Å²) in [6.45, 7) is 4.85. The maximum absolute atomic E-state index is 6.21. The Morgan fingerprint density at radius 2 is 2.05 bits per heavy atom. The molecule has 1 heterocycles. The lowest BCUT2D eigenvalue weighted by atomic mass is 10.2. The third-order valence-electron chi connectivity index (χ3n) is 3.01. The largest absolute Gasteiger partial charge is 0.346 e. The van der Waals surface area contributed by atoms with Crippen LogP contribution in [0.2, 0.25) is 10.0 Å². The van der Waals surface area contributed by atoms with Gasteiger partial charge in [-0.2, -0.15) is 0 Å². The minimum Gasteiger partial charge on any atom is -0.346 e. The van der Waals surface area contributed by atoms with Gasteiger partial charge in [-0.25, -0.2) is 0 Å². The van der Waals surface area contributed by atoms with Gasteiger partial charge in [-0.05, 0) is 42.8 Å². The van der Waals surface area contributed by atoms with Gasteiger partial charge in [0.2, 0.25) is 0 Å². The number of nitrogens with zero attached hydrogens (tertiary/aromatic N) is 1. The molecule has 0 radical (unpaired) electrons. The normalized spacial score (nSPS) is 10.9. The topological polar surface area (TPSA) is 17.0 Å². The molecule has 0 unspecified atom stereocenters. The fourth-order valence-corrected chi connectivity index (χ4v) is 2.46. The second-order valence-electron chi connectivity index (χ2n) is 4.54. The van der Waals surface area contributed by atoms with Gasteiger partial charge < -0.3 is 9.88 Å². The van der Waals surface area contributed by atoms with E-state index in [1.165, 1.54) is 5.69 Å². The van der Waals surface area contributed by atoms with E-state index in [9.17, 15) is 0 Å². The number of benzene rings is 1. The number of hydrogen-bond acceptors (Lipinski definition) is 1. The standard InChI is InChI=1S/C15H18Cl2N2/c1-2-7-18-10-14-4-3-8-19(14)11-12-5-6-13(16)9-15(12)17/h3-6,8-9,18H,2,7,10-11H2,1H3. The van der Waals surface area contributed by atoms with E-state index in [1.54, 1.807) is 6.07 Å². The average molecular weight is 297 g/mol. The molecule has 0 spiro atoms. The van der Waals surface area contributed by atoms with E-state index in [1.807, 2.05) is 12.1 Å². The molecule has 1 aromatic carbocycles. The van der Waals surface area contributed by atoms with Crippen molar-refractivity contribution >= 4 is 23.2 Å². The molecule has 0 atom stereocenters. The van der Waals surface area contributed by atoms with Crippen LogP contribution in [-0.2, 0) is 13.1 Å². The number of halogens is 2. The Morgan fingerprint density at radius 1 is 1.21 bits per heavy atom. The molecule has 0 aliphatic rings. The van der Waals surface area contributed by atoms with Crippen molar-refractivity contribution in [2.24, 2.45) is 0 Å². The Balaban J connectivity index is 2.08. The summed E-state index contributed by atoms with van der Waals surface area (Å²) < 4.78 is 2.21. The quantitative estimate of drug-likeness (QED) is 0.785. The van der Waals surface area contributed by atoms with Gasteiger partial charge >= 0.3 is 0 Å². The monoisotopic (exact) mass is 296 g/mol. The highest BCUT2D eigenvalue weighted by Gasteiger charge is 2.05. The van der Waals surface area contributed by atoms with Crippen LogP contribution in [0.15, 0.2) is 36.5 Å². The summed E-state index contributed by atoms with van der Waals surface area (Å²) in [5.41, 5.74) is 2.35. The van der Waals surface area contributed by atoms with E-state index >= 15 is 0 Å². The van der Waals surface area contributed by atoms with Crippen LogP contribution in [0.1, 0.15) is 24.6 Å². The van der Waals surface area contributed by atoms with Crippen molar-refractivity contribution in [1.82, 2.24) is 9.88 Å². The molecule has 0 aliphatic heterocycles. The van der Waals surface area contributed by atoms with Gasteiger partial charge in [0.05, 0.1) is 0 Å². The zero-order valence-electron chi connectivity index (χ0n) is 11.0. The first-order valence-electron chi connectivity index (χ1n) is 6.49. The van der Waals surface area contributed by atoms with Crippen LogP contribution in [-0.4, -0.2) is 11.1 Å². The fraction of sp³-hybridized carbons (Fsp3) is 0.333. The summed E-state index contributed by atoms with van der Waals surface area (Å²) in [4.78, 5) is 0. The zero-order valence-corrected chi connectivity index (χ0v) is 12.5. The average Bonchev–Trinajstić information content (AvgIpc) is 2.81. The van der Waals surface area contributed by atoms with Crippen molar-refractivity contribution in [1.29, 1.82) is 0 Å². The first-order valence-corrected chi connectivity index (χ1v) is 7.25. The molecule has 1 N–H and O–H groups in total. The molecule has 0 saturated heterocycles. The Bertz CT molecular complexity index is 535. The molecule has 0 amide bonds. The van der Waals surface area contributed by atoms with E-state index in [4.69, 9.17) is 23.2 Å². The van der Waals surface area contributed by atoms with Crippen LogP contribution in [0.25, 0.3) is 0 Å². The van der Waals surface area contributed by atoms with Crippen molar-refractivity contribution in [2.45, 2.75) is 26.4 Å². The van der Waals surface area contributed by atoms with Crippen LogP contribution in [0, 0.1) is 0 Å². The molecule has 19 heavy (non-hydrogen) atoms. The van der Waals surface area contributed by atoms with Crippen LogP contribution >= 0.6 is 23.2 Å². The second kappa shape index (κ2) is 6.99. The van der Waals surface area contributed by atoms with Crippen LogP contribution in [0.3, 0.4) is 0 Å². The smallest absolute Gasteiger partial charge is 0.0488 e. The Hall–Kier alpha value is -0.960. The molecule has 102 valence electrons. The van der Waals surface area contributed by atoms with Gasteiger partial charge in [0.15, 0.2) is 0 Å². The Labute approximate surface area is 124 Å². The van der Waals surface area contributed by atoms with Crippen molar-refractivity contribution in [3.05, 3.63) is 57.8 Å². The zero-order chi connectivity index (χ0) is 13.7.